The average molecular weight is 205 g/mol. The molecule has 0 atom stereocenters. The molecule has 2 heterocycles. The Balaban J connectivity index is 2.05. The lowest BCUT2D eigenvalue weighted by molar-refractivity contribution is -0.118. The van der Waals surface area contributed by atoms with Gasteiger partial charge < -0.3 is 9.47 Å². The van der Waals surface area contributed by atoms with Gasteiger partial charge in [-0.15, -0.1) is 0 Å². The first-order valence-electron chi connectivity index (χ1n) is 4.66. The van der Waals surface area contributed by atoms with Crippen molar-refractivity contribution >= 4 is 5.78 Å². The van der Waals surface area contributed by atoms with E-state index in [0.717, 1.165) is 11.4 Å². The molecule has 1 aromatic heterocycles. The lowest BCUT2D eigenvalue weighted by Gasteiger charge is -2.01. The highest BCUT2D eigenvalue weighted by molar-refractivity contribution is 5.94. The number of aryl methyl sites for hydroxylation is 1. The number of rotatable bonds is 3. The Bertz CT molecular complexity index is 412. The summed E-state index contributed by atoms with van der Waals surface area (Å²) in [6.45, 7) is 2.02. The second kappa shape index (κ2) is 4.13. The molecule has 0 N–H and O–H groups in total. The smallest absolute Gasteiger partial charge is 0.230 e. The summed E-state index contributed by atoms with van der Waals surface area (Å²) in [6, 6.07) is 5.59. The summed E-state index contributed by atoms with van der Waals surface area (Å²) < 4.78 is 9.79. The maximum Gasteiger partial charge on any atom is 0.230 e. The van der Waals surface area contributed by atoms with Gasteiger partial charge in [-0.05, 0) is 19.1 Å². The third-order valence-electron chi connectivity index (χ3n) is 2.04. The molecule has 78 valence electrons. The van der Waals surface area contributed by atoms with Crippen LogP contribution in [0, 0.1) is 6.92 Å². The van der Waals surface area contributed by atoms with Gasteiger partial charge >= 0.3 is 0 Å². The van der Waals surface area contributed by atoms with Crippen molar-refractivity contribution in [1.29, 1.82) is 0 Å². The van der Waals surface area contributed by atoms with E-state index in [4.69, 9.17) is 9.47 Å². The molecule has 15 heavy (non-hydrogen) atoms. The standard InChI is InChI=1S/C11H11NO3/c1-8-3-2-4-9(12-8)5-10(13)11-6-14-7-15-11/h2-4,6H,5,7H2,1H3. The first-order chi connectivity index (χ1) is 7.25. The number of carbonyl (C=O) groups is 1. The molecule has 0 saturated heterocycles. The van der Waals surface area contributed by atoms with E-state index >= 15 is 0 Å². The fourth-order valence-corrected chi connectivity index (χ4v) is 1.34. The van der Waals surface area contributed by atoms with E-state index in [1.165, 1.54) is 6.26 Å². The van der Waals surface area contributed by atoms with E-state index in [9.17, 15) is 4.79 Å². The van der Waals surface area contributed by atoms with Gasteiger partial charge in [-0.2, -0.15) is 0 Å². The quantitative estimate of drug-likeness (QED) is 0.747. The van der Waals surface area contributed by atoms with Crippen LogP contribution in [0.15, 0.2) is 30.2 Å². The SMILES string of the molecule is Cc1cccc(CC(=O)C2=COCO2)n1. The summed E-state index contributed by atoms with van der Waals surface area (Å²) in [5.74, 6) is 0.170. The molecule has 0 unspecified atom stereocenters. The van der Waals surface area contributed by atoms with Crippen molar-refractivity contribution in [2.24, 2.45) is 0 Å². The molecule has 0 spiro atoms. The highest BCUT2D eigenvalue weighted by Gasteiger charge is 2.16. The van der Waals surface area contributed by atoms with Crippen LogP contribution in [0.1, 0.15) is 11.4 Å². The molecule has 0 radical (unpaired) electrons. The predicted molar refractivity (Wildman–Crippen MR) is 52.8 cm³/mol. The van der Waals surface area contributed by atoms with E-state index in [-0.39, 0.29) is 24.8 Å². The Labute approximate surface area is 87.5 Å². The monoisotopic (exact) mass is 205 g/mol. The van der Waals surface area contributed by atoms with Gasteiger partial charge in [0.2, 0.25) is 18.3 Å². The maximum absolute atomic E-state index is 11.6. The molecule has 0 fully saturated rings. The van der Waals surface area contributed by atoms with Crippen molar-refractivity contribution in [2.75, 3.05) is 6.79 Å². The van der Waals surface area contributed by atoms with Crippen molar-refractivity contribution < 1.29 is 14.3 Å². The Morgan fingerprint density at radius 2 is 2.40 bits per heavy atom. The number of carbonyl (C=O) groups excluding carboxylic acids is 1. The van der Waals surface area contributed by atoms with Gasteiger partial charge in [0.15, 0.2) is 0 Å². The summed E-state index contributed by atoms with van der Waals surface area (Å²) in [5.41, 5.74) is 1.65. The van der Waals surface area contributed by atoms with E-state index in [2.05, 4.69) is 4.98 Å². The van der Waals surface area contributed by atoms with Crippen LogP contribution in [0.25, 0.3) is 0 Å². The molecule has 1 aliphatic heterocycles. The molecule has 0 amide bonds. The van der Waals surface area contributed by atoms with Gasteiger partial charge in [0.1, 0.15) is 6.26 Å². The summed E-state index contributed by atoms with van der Waals surface area (Å²) in [6.07, 6.45) is 1.59. The van der Waals surface area contributed by atoms with Crippen LogP contribution in [-0.2, 0) is 20.7 Å². The Hall–Kier alpha value is -1.84. The number of aromatic nitrogens is 1. The Morgan fingerprint density at radius 3 is 3.07 bits per heavy atom. The van der Waals surface area contributed by atoms with Crippen LogP contribution in [0.5, 0.6) is 0 Å². The predicted octanol–water partition coefficient (Wildman–Crippen LogP) is 1.35. The Morgan fingerprint density at radius 1 is 1.53 bits per heavy atom. The van der Waals surface area contributed by atoms with E-state index in [1.807, 2.05) is 25.1 Å². The van der Waals surface area contributed by atoms with Crippen LogP contribution in [0.4, 0.5) is 0 Å². The zero-order chi connectivity index (χ0) is 10.7. The number of hydrogen-bond donors (Lipinski definition) is 0. The van der Waals surface area contributed by atoms with Crippen molar-refractivity contribution in [3.63, 3.8) is 0 Å². The number of pyridine rings is 1. The average Bonchev–Trinajstić information content (AvgIpc) is 2.70. The molecule has 1 aliphatic rings. The van der Waals surface area contributed by atoms with Gasteiger partial charge in [0, 0.05) is 11.4 Å². The van der Waals surface area contributed by atoms with Gasteiger partial charge in [0.05, 0.1) is 6.42 Å². The van der Waals surface area contributed by atoms with Crippen LogP contribution in [0.3, 0.4) is 0 Å². The molecule has 1 aromatic rings. The lowest BCUT2D eigenvalue weighted by Crippen LogP contribution is -2.08. The third kappa shape index (κ3) is 2.34. The molecule has 0 aromatic carbocycles. The van der Waals surface area contributed by atoms with Gasteiger partial charge in [-0.1, -0.05) is 6.07 Å². The lowest BCUT2D eigenvalue weighted by atomic mass is 10.2. The number of Topliss-reactive ketones (excluding diaryl/α,β-unsaturated/α-hetero) is 1. The molecule has 4 nitrogen and oxygen atoms in total. The summed E-state index contributed by atoms with van der Waals surface area (Å²) in [7, 11) is 0. The molecular weight excluding hydrogens is 194 g/mol. The second-order valence-corrected chi connectivity index (χ2v) is 3.28. The van der Waals surface area contributed by atoms with Crippen molar-refractivity contribution in [3.8, 4) is 0 Å². The van der Waals surface area contributed by atoms with Gasteiger partial charge in [-0.3, -0.25) is 9.78 Å². The maximum atomic E-state index is 11.6. The second-order valence-electron chi connectivity index (χ2n) is 3.28. The third-order valence-corrected chi connectivity index (χ3v) is 2.04. The van der Waals surface area contributed by atoms with E-state index in [1.54, 1.807) is 0 Å². The zero-order valence-electron chi connectivity index (χ0n) is 8.40. The van der Waals surface area contributed by atoms with Crippen LogP contribution < -0.4 is 0 Å². The van der Waals surface area contributed by atoms with Crippen molar-refractivity contribution in [2.45, 2.75) is 13.3 Å². The fourth-order valence-electron chi connectivity index (χ4n) is 1.34. The Kier molecular flexibility index (Phi) is 2.67. The van der Waals surface area contributed by atoms with E-state index < -0.39 is 0 Å². The zero-order valence-corrected chi connectivity index (χ0v) is 8.40. The van der Waals surface area contributed by atoms with Gasteiger partial charge in [-0.25, -0.2) is 0 Å². The molecule has 0 aliphatic carbocycles. The summed E-state index contributed by atoms with van der Waals surface area (Å²) in [4.78, 5) is 15.9. The molecule has 0 bridgehead atoms. The van der Waals surface area contributed by atoms with Crippen LogP contribution in [0.2, 0.25) is 0 Å². The van der Waals surface area contributed by atoms with Crippen LogP contribution in [-0.4, -0.2) is 17.6 Å². The molecular formula is C11H11NO3. The number of ketones is 1. The van der Waals surface area contributed by atoms with Crippen molar-refractivity contribution in [3.05, 3.63) is 41.6 Å². The minimum Gasteiger partial charge on any atom is -0.461 e. The number of hydrogen-bond acceptors (Lipinski definition) is 4. The molecule has 4 heteroatoms. The highest BCUT2D eigenvalue weighted by atomic mass is 16.7. The summed E-state index contributed by atoms with van der Waals surface area (Å²) >= 11 is 0. The first kappa shape index (κ1) is 9.71. The number of allylic oxidation sites excluding steroid dienone is 1. The van der Waals surface area contributed by atoms with E-state index in [0.29, 0.717) is 0 Å². The number of ether oxygens (including phenoxy) is 2. The molecule has 2 rings (SSSR count). The van der Waals surface area contributed by atoms with Gasteiger partial charge in [0.25, 0.3) is 0 Å². The molecule has 0 saturated carbocycles. The topological polar surface area (TPSA) is 48.4 Å². The normalized spacial score (nSPS) is 14.1. The highest BCUT2D eigenvalue weighted by Crippen LogP contribution is 2.10. The minimum atomic E-state index is -0.106. The minimum absolute atomic E-state index is 0.106. The van der Waals surface area contributed by atoms with Crippen molar-refractivity contribution in [1.82, 2.24) is 4.98 Å². The number of nitrogens with zero attached hydrogens (tertiary/aromatic N) is 1. The van der Waals surface area contributed by atoms with Crippen LogP contribution >= 0.6 is 0 Å². The largest absolute Gasteiger partial charge is 0.461 e. The fraction of sp³-hybridized carbons (Fsp3) is 0.273. The first-order valence-corrected chi connectivity index (χ1v) is 4.66. The summed E-state index contributed by atoms with van der Waals surface area (Å²) in [5, 5.41) is 0.